The zero-order valence-corrected chi connectivity index (χ0v) is 10.1. The number of carbonyl (C=O) groups excluding carboxylic acids is 1. The van der Waals surface area contributed by atoms with Crippen molar-refractivity contribution in [3.8, 4) is 0 Å². The van der Waals surface area contributed by atoms with Gasteiger partial charge in [-0.15, -0.1) is 0 Å². The monoisotopic (exact) mass is 246 g/mol. The van der Waals surface area contributed by atoms with E-state index >= 15 is 0 Å². The Balaban J connectivity index is 2.77. The van der Waals surface area contributed by atoms with Crippen LogP contribution in [0.5, 0.6) is 0 Å². The quantitative estimate of drug-likeness (QED) is 0.852. The number of rotatable bonds is 2. The number of carbonyl (C=O) groups is 1. The molecular weight excluding hydrogens is 235 g/mol. The second-order valence-electron chi connectivity index (χ2n) is 3.07. The summed E-state index contributed by atoms with van der Waals surface area (Å²) in [6.45, 7) is 2.53. The summed E-state index contributed by atoms with van der Waals surface area (Å²) >= 11 is 11.6. The molecule has 0 saturated heterocycles. The molecule has 0 heterocycles. The summed E-state index contributed by atoms with van der Waals surface area (Å²) in [7, 11) is 1.71. The summed E-state index contributed by atoms with van der Waals surface area (Å²) in [5.74, 6) is 0. The number of hydrogen-bond donors (Lipinski definition) is 1. The molecule has 0 aliphatic carbocycles. The largest absolute Gasteiger partial charge is 0.328 e. The number of halogens is 2. The molecule has 0 bridgehead atoms. The van der Waals surface area contributed by atoms with Crippen molar-refractivity contribution >= 4 is 34.9 Å². The maximum atomic E-state index is 11.5. The number of anilines is 1. The summed E-state index contributed by atoms with van der Waals surface area (Å²) in [5.41, 5.74) is 0.561. The van der Waals surface area contributed by atoms with E-state index in [0.717, 1.165) is 0 Å². The SMILES string of the molecule is CCN(C)C(=O)Nc1ccc(Cl)cc1Cl. The molecule has 1 N–H and O–H groups in total. The molecule has 0 aromatic heterocycles. The van der Waals surface area contributed by atoms with E-state index in [1.807, 2.05) is 6.92 Å². The molecule has 0 unspecified atom stereocenters. The molecular formula is C10H12Cl2N2O. The topological polar surface area (TPSA) is 32.3 Å². The molecule has 15 heavy (non-hydrogen) atoms. The molecule has 5 heteroatoms. The minimum Gasteiger partial charge on any atom is -0.328 e. The number of amides is 2. The standard InChI is InChI=1S/C10H12Cl2N2O/c1-3-14(2)10(15)13-9-5-4-7(11)6-8(9)12/h4-6H,3H2,1-2H3,(H,13,15). The first-order valence-corrected chi connectivity index (χ1v) is 5.27. The summed E-state index contributed by atoms with van der Waals surface area (Å²) < 4.78 is 0. The molecule has 3 nitrogen and oxygen atoms in total. The Morgan fingerprint density at radius 3 is 2.67 bits per heavy atom. The molecule has 0 aliphatic rings. The highest BCUT2D eigenvalue weighted by molar-refractivity contribution is 6.36. The van der Waals surface area contributed by atoms with E-state index in [-0.39, 0.29) is 6.03 Å². The van der Waals surface area contributed by atoms with Gasteiger partial charge in [0.1, 0.15) is 0 Å². The van der Waals surface area contributed by atoms with Crippen LogP contribution in [0.2, 0.25) is 10.0 Å². The Bertz CT molecular complexity index is 368. The van der Waals surface area contributed by atoms with Gasteiger partial charge >= 0.3 is 6.03 Å². The van der Waals surface area contributed by atoms with Crippen LogP contribution in [-0.4, -0.2) is 24.5 Å². The van der Waals surface area contributed by atoms with Gasteiger partial charge in [-0.1, -0.05) is 23.2 Å². The molecule has 0 atom stereocenters. The number of nitrogens with zero attached hydrogens (tertiary/aromatic N) is 1. The lowest BCUT2D eigenvalue weighted by Gasteiger charge is -2.16. The lowest BCUT2D eigenvalue weighted by atomic mass is 10.3. The summed E-state index contributed by atoms with van der Waals surface area (Å²) in [5, 5.41) is 3.66. The third-order valence-corrected chi connectivity index (χ3v) is 2.54. The van der Waals surface area contributed by atoms with Gasteiger partial charge in [0.05, 0.1) is 10.7 Å². The van der Waals surface area contributed by atoms with E-state index < -0.39 is 0 Å². The van der Waals surface area contributed by atoms with Gasteiger partial charge in [0.2, 0.25) is 0 Å². The number of urea groups is 1. The molecule has 1 rings (SSSR count). The fraction of sp³-hybridized carbons (Fsp3) is 0.300. The van der Waals surface area contributed by atoms with Crippen molar-refractivity contribution in [3.05, 3.63) is 28.2 Å². The summed E-state index contributed by atoms with van der Waals surface area (Å²) in [6.07, 6.45) is 0. The lowest BCUT2D eigenvalue weighted by Crippen LogP contribution is -2.31. The van der Waals surface area contributed by atoms with Gasteiger partial charge in [-0.3, -0.25) is 0 Å². The van der Waals surface area contributed by atoms with Gasteiger partial charge in [-0.05, 0) is 25.1 Å². The highest BCUT2D eigenvalue weighted by atomic mass is 35.5. The maximum absolute atomic E-state index is 11.5. The van der Waals surface area contributed by atoms with Crippen LogP contribution >= 0.6 is 23.2 Å². The van der Waals surface area contributed by atoms with Crippen molar-refractivity contribution in [2.75, 3.05) is 18.9 Å². The Hall–Kier alpha value is -0.930. The van der Waals surface area contributed by atoms with Gasteiger partial charge in [0.15, 0.2) is 0 Å². The summed E-state index contributed by atoms with van der Waals surface area (Å²) in [6, 6.07) is 4.74. The van der Waals surface area contributed by atoms with Crippen molar-refractivity contribution in [1.82, 2.24) is 4.90 Å². The van der Waals surface area contributed by atoms with Crippen molar-refractivity contribution in [3.63, 3.8) is 0 Å². The first kappa shape index (κ1) is 12.1. The molecule has 1 aromatic carbocycles. The first-order valence-electron chi connectivity index (χ1n) is 4.51. The van der Waals surface area contributed by atoms with Gasteiger partial charge in [-0.2, -0.15) is 0 Å². The van der Waals surface area contributed by atoms with Crippen LogP contribution in [0.3, 0.4) is 0 Å². The van der Waals surface area contributed by atoms with Gasteiger partial charge in [0, 0.05) is 18.6 Å². The normalized spacial score (nSPS) is 9.87. The van der Waals surface area contributed by atoms with E-state index in [0.29, 0.717) is 22.3 Å². The average molecular weight is 247 g/mol. The van der Waals surface area contributed by atoms with Crippen molar-refractivity contribution < 1.29 is 4.79 Å². The number of hydrogen-bond acceptors (Lipinski definition) is 1. The highest BCUT2D eigenvalue weighted by Gasteiger charge is 2.08. The Labute approximate surface area is 99.0 Å². The smallest absolute Gasteiger partial charge is 0.321 e. The van der Waals surface area contributed by atoms with E-state index in [4.69, 9.17) is 23.2 Å². The third-order valence-electron chi connectivity index (χ3n) is 1.99. The van der Waals surface area contributed by atoms with Gasteiger partial charge in [0.25, 0.3) is 0 Å². The molecule has 0 aliphatic heterocycles. The zero-order valence-electron chi connectivity index (χ0n) is 8.55. The van der Waals surface area contributed by atoms with Crippen LogP contribution in [0.15, 0.2) is 18.2 Å². The summed E-state index contributed by atoms with van der Waals surface area (Å²) in [4.78, 5) is 13.1. The van der Waals surface area contributed by atoms with Crippen LogP contribution < -0.4 is 5.32 Å². The van der Waals surface area contributed by atoms with E-state index in [1.54, 1.807) is 30.1 Å². The fourth-order valence-corrected chi connectivity index (χ4v) is 1.40. The van der Waals surface area contributed by atoms with Gasteiger partial charge in [-0.25, -0.2) is 4.79 Å². The second kappa shape index (κ2) is 5.24. The van der Waals surface area contributed by atoms with Crippen LogP contribution in [0.4, 0.5) is 10.5 Å². The van der Waals surface area contributed by atoms with Crippen LogP contribution in [0.1, 0.15) is 6.92 Å². The molecule has 0 fully saturated rings. The predicted molar refractivity (Wildman–Crippen MR) is 63.8 cm³/mol. The zero-order chi connectivity index (χ0) is 11.4. The predicted octanol–water partition coefficient (Wildman–Crippen LogP) is 3.48. The van der Waals surface area contributed by atoms with E-state index in [2.05, 4.69) is 5.32 Å². The third kappa shape index (κ3) is 3.29. The fourth-order valence-electron chi connectivity index (χ4n) is 0.945. The molecule has 1 aromatic rings. The molecule has 0 saturated carbocycles. The minimum atomic E-state index is -0.193. The van der Waals surface area contributed by atoms with E-state index in [9.17, 15) is 4.79 Å². The Morgan fingerprint density at radius 2 is 2.13 bits per heavy atom. The van der Waals surface area contributed by atoms with Crippen LogP contribution in [-0.2, 0) is 0 Å². The highest BCUT2D eigenvalue weighted by Crippen LogP contribution is 2.25. The Morgan fingerprint density at radius 1 is 1.47 bits per heavy atom. The van der Waals surface area contributed by atoms with Crippen molar-refractivity contribution in [1.29, 1.82) is 0 Å². The average Bonchev–Trinajstić information content (AvgIpc) is 2.20. The van der Waals surface area contributed by atoms with Crippen molar-refractivity contribution in [2.45, 2.75) is 6.92 Å². The minimum absolute atomic E-state index is 0.193. The molecule has 82 valence electrons. The van der Waals surface area contributed by atoms with Crippen molar-refractivity contribution in [2.24, 2.45) is 0 Å². The number of nitrogens with one attached hydrogen (secondary N) is 1. The number of benzene rings is 1. The van der Waals surface area contributed by atoms with E-state index in [1.165, 1.54) is 0 Å². The first-order chi connectivity index (χ1) is 7.04. The second-order valence-corrected chi connectivity index (χ2v) is 3.91. The lowest BCUT2D eigenvalue weighted by molar-refractivity contribution is 0.224. The Kier molecular flexibility index (Phi) is 4.24. The van der Waals surface area contributed by atoms with Crippen LogP contribution in [0, 0.1) is 0 Å². The molecule has 2 amide bonds. The van der Waals surface area contributed by atoms with Gasteiger partial charge < -0.3 is 10.2 Å². The molecule has 0 spiro atoms. The maximum Gasteiger partial charge on any atom is 0.321 e. The molecule has 0 radical (unpaired) electrons. The van der Waals surface area contributed by atoms with Crippen LogP contribution in [0.25, 0.3) is 0 Å².